The van der Waals surface area contributed by atoms with Gasteiger partial charge >= 0.3 is 0 Å². The van der Waals surface area contributed by atoms with Crippen molar-refractivity contribution in [3.63, 3.8) is 0 Å². The van der Waals surface area contributed by atoms with Gasteiger partial charge in [0, 0.05) is 31.1 Å². The van der Waals surface area contributed by atoms with Crippen molar-refractivity contribution in [2.24, 2.45) is 16.1 Å². The zero-order valence-electron chi connectivity index (χ0n) is 20.8. The molecule has 2 aromatic rings. The Morgan fingerprint density at radius 1 is 1.15 bits per heavy atom. The number of guanidine groups is 1. The summed E-state index contributed by atoms with van der Waals surface area (Å²) in [5, 5.41) is 3.52. The van der Waals surface area contributed by atoms with Crippen molar-refractivity contribution in [1.29, 1.82) is 0 Å². The number of ether oxygens (including phenoxy) is 1. The Balaban J connectivity index is 1.65. The lowest BCUT2D eigenvalue weighted by Crippen LogP contribution is -2.46. The second kappa shape index (κ2) is 11.2. The first kappa shape index (κ1) is 26.0. The van der Waals surface area contributed by atoms with Crippen LogP contribution < -0.4 is 15.8 Å². The number of hydrogen-bond acceptors (Lipinski definition) is 5. The molecule has 1 atom stereocenters. The Labute approximate surface area is 204 Å². The number of piperidine rings is 1. The molecule has 7 nitrogen and oxygen atoms in total. The lowest BCUT2D eigenvalue weighted by molar-refractivity contribution is 0.255. The highest BCUT2D eigenvalue weighted by Gasteiger charge is 2.23. The molecule has 0 aliphatic carbocycles. The van der Waals surface area contributed by atoms with Crippen molar-refractivity contribution in [2.45, 2.75) is 57.6 Å². The summed E-state index contributed by atoms with van der Waals surface area (Å²) in [6.07, 6.45) is 4.79. The first-order valence-electron chi connectivity index (χ1n) is 11.9. The summed E-state index contributed by atoms with van der Waals surface area (Å²) in [7, 11) is -3.19. The van der Waals surface area contributed by atoms with E-state index in [1.54, 1.807) is 24.3 Å². The second-order valence-corrected chi connectivity index (χ2v) is 11.9. The van der Waals surface area contributed by atoms with Crippen molar-refractivity contribution in [3.8, 4) is 5.75 Å². The maximum atomic E-state index is 11.6. The number of benzene rings is 2. The highest BCUT2D eigenvalue weighted by atomic mass is 32.2. The van der Waals surface area contributed by atoms with Gasteiger partial charge in [-0.1, -0.05) is 26.0 Å². The van der Waals surface area contributed by atoms with Crippen LogP contribution in [0.1, 0.15) is 45.6 Å². The summed E-state index contributed by atoms with van der Waals surface area (Å²) < 4.78 is 29.1. The van der Waals surface area contributed by atoms with E-state index in [0.29, 0.717) is 30.6 Å². The van der Waals surface area contributed by atoms with E-state index in [1.807, 2.05) is 24.3 Å². The van der Waals surface area contributed by atoms with Crippen LogP contribution in [0, 0.1) is 5.41 Å². The highest BCUT2D eigenvalue weighted by molar-refractivity contribution is 7.90. The van der Waals surface area contributed by atoms with Gasteiger partial charge < -0.3 is 20.7 Å². The Morgan fingerprint density at radius 2 is 1.82 bits per heavy atom. The number of nitrogens with two attached hydrogens (primary N) is 1. The largest absolute Gasteiger partial charge is 0.489 e. The number of hydrogen-bond donors (Lipinski definition) is 2. The van der Waals surface area contributed by atoms with Gasteiger partial charge in [0.1, 0.15) is 12.4 Å². The van der Waals surface area contributed by atoms with Gasteiger partial charge in [0.05, 0.1) is 4.90 Å². The zero-order valence-corrected chi connectivity index (χ0v) is 21.6. The van der Waals surface area contributed by atoms with Gasteiger partial charge in [0.2, 0.25) is 0 Å². The standard InChI is InChI=1S/C26H38N4O3S/c1-20-7-5-6-16-30(20)25(28-19-26(2,3)18-27)29-22-10-12-23(13-11-22)33-17-21-8-14-24(15-9-21)34(4,31)32/h8-15,20H,5-7,16-19,27H2,1-4H3,(H,28,29). The van der Waals surface area contributed by atoms with Gasteiger partial charge in [0.25, 0.3) is 0 Å². The molecule has 0 spiro atoms. The van der Waals surface area contributed by atoms with Crippen LogP contribution in [-0.2, 0) is 16.4 Å². The molecular weight excluding hydrogens is 448 g/mol. The molecule has 0 saturated carbocycles. The number of sulfone groups is 1. The summed E-state index contributed by atoms with van der Waals surface area (Å²) in [5.74, 6) is 1.64. The molecule has 3 rings (SSSR count). The van der Waals surface area contributed by atoms with Crippen LogP contribution in [0.3, 0.4) is 0 Å². The van der Waals surface area contributed by atoms with Crippen molar-refractivity contribution in [2.75, 3.05) is 31.2 Å². The van der Waals surface area contributed by atoms with E-state index < -0.39 is 9.84 Å². The third kappa shape index (κ3) is 7.46. The van der Waals surface area contributed by atoms with Crippen LogP contribution in [0.25, 0.3) is 0 Å². The normalized spacial score (nSPS) is 17.5. The van der Waals surface area contributed by atoms with E-state index in [9.17, 15) is 8.42 Å². The molecule has 1 aliphatic heterocycles. The van der Waals surface area contributed by atoms with E-state index >= 15 is 0 Å². The summed E-state index contributed by atoms with van der Waals surface area (Å²) in [6, 6.07) is 15.0. The number of aliphatic imine (C=N–C) groups is 1. The lowest BCUT2D eigenvalue weighted by Gasteiger charge is -2.36. The van der Waals surface area contributed by atoms with Gasteiger partial charge in [-0.15, -0.1) is 0 Å². The molecule has 34 heavy (non-hydrogen) atoms. The van der Waals surface area contributed by atoms with Crippen LogP contribution in [0.4, 0.5) is 5.69 Å². The molecule has 186 valence electrons. The van der Waals surface area contributed by atoms with Gasteiger partial charge in [-0.05, 0) is 80.1 Å². The van der Waals surface area contributed by atoms with E-state index in [2.05, 4.69) is 31.0 Å². The van der Waals surface area contributed by atoms with Crippen molar-refractivity contribution in [1.82, 2.24) is 4.90 Å². The summed E-state index contributed by atoms with van der Waals surface area (Å²) in [6.45, 7) is 9.13. The Morgan fingerprint density at radius 3 is 2.41 bits per heavy atom. The van der Waals surface area contributed by atoms with Crippen LogP contribution in [0.2, 0.25) is 0 Å². The average molecular weight is 487 g/mol. The minimum atomic E-state index is -3.19. The second-order valence-electron chi connectivity index (χ2n) is 9.90. The van der Waals surface area contributed by atoms with Crippen molar-refractivity contribution < 1.29 is 13.2 Å². The molecule has 0 radical (unpaired) electrons. The summed E-state index contributed by atoms with van der Waals surface area (Å²) in [5.41, 5.74) is 7.73. The number of nitrogens with one attached hydrogen (secondary N) is 1. The molecule has 3 N–H and O–H groups in total. The first-order chi connectivity index (χ1) is 16.1. The number of rotatable bonds is 8. The maximum Gasteiger partial charge on any atom is 0.198 e. The number of nitrogens with zero attached hydrogens (tertiary/aromatic N) is 2. The topological polar surface area (TPSA) is 97.0 Å². The third-order valence-electron chi connectivity index (χ3n) is 6.15. The Hall–Kier alpha value is -2.58. The van der Waals surface area contributed by atoms with Crippen molar-refractivity contribution >= 4 is 21.5 Å². The molecule has 0 aromatic heterocycles. The predicted molar refractivity (Wildman–Crippen MR) is 139 cm³/mol. The van der Waals surface area contributed by atoms with Gasteiger partial charge in [-0.3, -0.25) is 4.99 Å². The van der Waals surface area contributed by atoms with Gasteiger partial charge in [-0.25, -0.2) is 8.42 Å². The zero-order chi connectivity index (χ0) is 24.8. The molecule has 1 unspecified atom stereocenters. The van der Waals surface area contributed by atoms with E-state index in [-0.39, 0.29) is 5.41 Å². The molecule has 1 aliphatic rings. The van der Waals surface area contributed by atoms with Crippen molar-refractivity contribution in [3.05, 3.63) is 54.1 Å². The number of likely N-dealkylation sites (tertiary alicyclic amines) is 1. The fourth-order valence-electron chi connectivity index (χ4n) is 3.73. The number of anilines is 1. The fraction of sp³-hybridized carbons (Fsp3) is 0.500. The third-order valence-corrected chi connectivity index (χ3v) is 7.28. The quantitative estimate of drug-likeness (QED) is 0.427. The van der Waals surface area contributed by atoms with Gasteiger partial charge in [0.15, 0.2) is 15.8 Å². The molecule has 8 heteroatoms. The predicted octanol–water partition coefficient (Wildman–Crippen LogP) is 4.30. The molecule has 0 amide bonds. The van der Waals surface area contributed by atoms with Gasteiger partial charge in [-0.2, -0.15) is 0 Å². The lowest BCUT2D eigenvalue weighted by atomic mass is 9.94. The average Bonchev–Trinajstić information content (AvgIpc) is 2.81. The fourth-order valence-corrected chi connectivity index (χ4v) is 4.36. The summed E-state index contributed by atoms with van der Waals surface area (Å²) in [4.78, 5) is 7.60. The minimum Gasteiger partial charge on any atom is -0.489 e. The van der Waals surface area contributed by atoms with Crippen LogP contribution in [0.5, 0.6) is 5.75 Å². The van der Waals surface area contributed by atoms with E-state index in [1.165, 1.54) is 25.5 Å². The van der Waals surface area contributed by atoms with Crippen LogP contribution in [0.15, 0.2) is 58.4 Å². The molecule has 1 saturated heterocycles. The molecule has 2 aromatic carbocycles. The maximum absolute atomic E-state index is 11.6. The Bertz CT molecular complexity index is 1060. The monoisotopic (exact) mass is 486 g/mol. The highest BCUT2D eigenvalue weighted by Crippen LogP contribution is 2.22. The summed E-state index contributed by atoms with van der Waals surface area (Å²) >= 11 is 0. The Kier molecular flexibility index (Phi) is 8.60. The van der Waals surface area contributed by atoms with E-state index in [0.717, 1.165) is 29.5 Å². The van der Waals surface area contributed by atoms with Crippen LogP contribution >= 0.6 is 0 Å². The first-order valence-corrected chi connectivity index (χ1v) is 13.8. The smallest absolute Gasteiger partial charge is 0.198 e. The molecule has 1 fully saturated rings. The van der Waals surface area contributed by atoms with E-state index in [4.69, 9.17) is 15.5 Å². The SMILES string of the molecule is CC1CCCCN1C(=NCC(C)(C)CN)Nc1ccc(OCc2ccc(S(C)(=O)=O)cc2)cc1. The molecule has 0 bridgehead atoms. The van der Waals surface area contributed by atoms with Crippen LogP contribution in [-0.4, -0.2) is 51.2 Å². The molecule has 1 heterocycles. The minimum absolute atomic E-state index is 0.0524. The molecular formula is C26H38N4O3S.